The molecule has 0 atom stereocenters. The van der Waals surface area contributed by atoms with Gasteiger partial charge in [-0.1, -0.05) is 91.0 Å². The SMILES string of the molecule is O=c1cc(-c2ccccc2)oc2cc(OCc3ccccc3)c(OCc3ccccc3)c(NCCO)c12. The zero-order chi connectivity index (χ0) is 25.5. The van der Waals surface area contributed by atoms with Crippen LogP contribution in [0.2, 0.25) is 0 Å². The second kappa shape index (κ2) is 11.5. The quantitative estimate of drug-likeness (QED) is 0.248. The molecule has 0 aliphatic heterocycles. The number of aliphatic hydroxyl groups is 1. The predicted octanol–water partition coefficient (Wildman–Crippen LogP) is 6.02. The van der Waals surface area contributed by atoms with Gasteiger partial charge in [0.15, 0.2) is 16.9 Å². The monoisotopic (exact) mass is 493 g/mol. The molecular weight excluding hydrogens is 466 g/mol. The molecule has 0 spiro atoms. The van der Waals surface area contributed by atoms with Crippen LogP contribution in [0, 0.1) is 0 Å². The highest BCUT2D eigenvalue weighted by Gasteiger charge is 2.21. The Balaban J connectivity index is 1.64. The maximum absolute atomic E-state index is 13.4. The molecule has 5 aromatic rings. The van der Waals surface area contributed by atoms with Gasteiger partial charge in [-0.3, -0.25) is 4.79 Å². The molecule has 5 rings (SSSR count). The van der Waals surface area contributed by atoms with Crippen molar-refractivity contribution < 1.29 is 19.0 Å². The maximum Gasteiger partial charge on any atom is 0.195 e. The summed E-state index contributed by atoms with van der Waals surface area (Å²) < 4.78 is 18.7. The van der Waals surface area contributed by atoms with Gasteiger partial charge in [0.2, 0.25) is 0 Å². The Morgan fingerprint density at radius 1 is 0.757 bits per heavy atom. The summed E-state index contributed by atoms with van der Waals surface area (Å²) in [6.45, 7) is 0.673. The number of anilines is 1. The molecule has 2 N–H and O–H groups in total. The van der Waals surface area contributed by atoms with E-state index >= 15 is 0 Å². The molecule has 0 fully saturated rings. The second-order valence-corrected chi connectivity index (χ2v) is 8.49. The van der Waals surface area contributed by atoms with E-state index in [0.717, 1.165) is 16.7 Å². The molecule has 6 nitrogen and oxygen atoms in total. The average Bonchev–Trinajstić information content (AvgIpc) is 2.95. The summed E-state index contributed by atoms with van der Waals surface area (Å²) in [5, 5.41) is 13.0. The molecule has 6 heteroatoms. The van der Waals surface area contributed by atoms with Gasteiger partial charge in [0.1, 0.15) is 24.6 Å². The lowest BCUT2D eigenvalue weighted by atomic mass is 10.1. The van der Waals surface area contributed by atoms with E-state index in [0.29, 0.717) is 40.5 Å². The summed E-state index contributed by atoms with van der Waals surface area (Å²) in [5.74, 6) is 1.28. The molecule has 0 saturated heterocycles. The normalized spacial score (nSPS) is 10.8. The van der Waals surface area contributed by atoms with Crippen molar-refractivity contribution >= 4 is 16.7 Å². The molecule has 186 valence electrons. The van der Waals surface area contributed by atoms with Gasteiger partial charge in [-0.05, 0) is 11.1 Å². The van der Waals surface area contributed by atoms with Crippen LogP contribution in [0.15, 0.2) is 112 Å². The van der Waals surface area contributed by atoms with Crippen LogP contribution in [0.5, 0.6) is 11.5 Å². The zero-order valence-electron chi connectivity index (χ0n) is 20.2. The molecule has 0 amide bonds. The fourth-order valence-electron chi connectivity index (χ4n) is 4.09. The van der Waals surface area contributed by atoms with Gasteiger partial charge in [0, 0.05) is 24.2 Å². The average molecular weight is 494 g/mol. The number of benzene rings is 4. The first kappa shape index (κ1) is 24.2. The first-order chi connectivity index (χ1) is 18.2. The van der Waals surface area contributed by atoms with E-state index in [1.165, 1.54) is 6.07 Å². The van der Waals surface area contributed by atoms with Crippen molar-refractivity contribution in [2.24, 2.45) is 0 Å². The number of rotatable bonds is 10. The number of hydrogen-bond acceptors (Lipinski definition) is 6. The van der Waals surface area contributed by atoms with Crippen LogP contribution in [0.4, 0.5) is 5.69 Å². The van der Waals surface area contributed by atoms with Gasteiger partial charge in [-0.15, -0.1) is 0 Å². The number of hydrogen-bond donors (Lipinski definition) is 2. The molecule has 1 heterocycles. The lowest BCUT2D eigenvalue weighted by Gasteiger charge is -2.19. The van der Waals surface area contributed by atoms with E-state index in [9.17, 15) is 9.90 Å². The minimum atomic E-state index is -0.222. The molecule has 0 bridgehead atoms. The summed E-state index contributed by atoms with van der Waals surface area (Å²) in [7, 11) is 0. The van der Waals surface area contributed by atoms with Crippen LogP contribution in [-0.2, 0) is 13.2 Å². The summed E-state index contributed by atoms with van der Waals surface area (Å²) in [6, 6.07) is 32.2. The van der Waals surface area contributed by atoms with E-state index in [2.05, 4.69) is 5.32 Å². The largest absolute Gasteiger partial charge is 0.485 e. The molecular formula is C31H27NO5. The summed E-state index contributed by atoms with van der Waals surface area (Å²) in [4.78, 5) is 13.4. The predicted molar refractivity (Wildman–Crippen MR) is 145 cm³/mol. The van der Waals surface area contributed by atoms with Crippen LogP contribution in [0.1, 0.15) is 11.1 Å². The molecule has 37 heavy (non-hydrogen) atoms. The van der Waals surface area contributed by atoms with Gasteiger partial charge in [0.05, 0.1) is 17.7 Å². The molecule has 0 aliphatic carbocycles. The van der Waals surface area contributed by atoms with E-state index in [1.807, 2.05) is 91.0 Å². The van der Waals surface area contributed by atoms with Crippen molar-refractivity contribution in [1.82, 2.24) is 0 Å². The molecule has 0 saturated carbocycles. The summed E-state index contributed by atoms with van der Waals surface area (Å²) >= 11 is 0. The highest BCUT2D eigenvalue weighted by Crippen LogP contribution is 2.42. The third-order valence-electron chi connectivity index (χ3n) is 5.87. The van der Waals surface area contributed by atoms with Crippen molar-refractivity contribution in [2.45, 2.75) is 13.2 Å². The van der Waals surface area contributed by atoms with Gasteiger partial charge in [-0.2, -0.15) is 0 Å². The highest BCUT2D eigenvalue weighted by molar-refractivity contribution is 5.96. The van der Waals surface area contributed by atoms with E-state index in [4.69, 9.17) is 13.9 Å². The first-order valence-electron chi connectivity index (χ1n) is 12.1. The third-order valence-corrected chi connectivity index (χ3v) is 5.87. The topological polar surface area (TPSA) is 80.9 Å². The molecule has 0 aliphatic rings. The van der Waals surface area contributed by atoms with Gasteiger partial charge in [-0.25, -0.2) is 0 Å². The Morgan fingerprint density at radius 2 is 1.35 bits per heavy atom. The Morgan fingerprint density at radius 3 is 1.97 bits per heavy atom. The van der Waals surface area contributed by atoms with E-state index < -0.39 is 0 Å². The van der Waals surface area contributed by atoms with Crippen molar-refractivity contribution in [3.05, 3.63) is 124 Å². The fraction of sp³-hybridized carbons (Fsp3) is 0.129. The summed E-state index contributed by atoms with van der Waals surface area (Å²) in [5.41, 5.74) is 3.32. The van der Waals surface area contributed by atoms with Crippen LogP contribution in [0.3, 0.4) is 0 Å². The molecule has 4 aromatic carbocycles. The van der Waals surface area contributed by atoms with Crippen molar-refractivity contribution in [2.75, 3.05) is 18.5 Å². The second-order valence-electron chi connectivity index (χ2n) is 8.49. The Kier molecular flexibility index (Phi) is 7.48. The van der Waals surface area contributed by atoms with Gasteiger partial charge >= 0.3 is 0 Å². The van der Waals surface area contributed by atoms with Crippen LogP contribution < -0.4 is 20.2 Å². The van der Waals surface area contributed by atoms with Crippen LogP contribution in [-0.4, -0.2) is 18.3 Å². The standard InChI is InChI=1S/C31H27NO5/c33-17-16-32-30-29-25(34)18-26(24-14-8-3-9-15-24)37-27(29)19-28(35-20-22-10-4-1-5-11-22)31(30)36-21-23-12-6-2-7-13-23/h1-15,18-19,32-33H,16-17,20-21H2. The van der Waals surface area contributed by atoms with Crippen molar-refractivity contribution in [1.29, 1.82) is 0 Å². The van der Waals surface area contributed by atoms with Crippen LogP contribution in [0.25, 0.3) is 22.3 Å². The highest BCUT2D eigenvalue weighted by atomic mass is 16.5. The Hall–Kier alpha value is -4.55. The smallest absolute Gasteiger partial charge is 0.195 e. The van der Waals surface area contributed by atoms with Gasteiger partial charge < -0.3 is 24.3 Å². The number of ether oxygens (including phenoxy) is 2. The van der Waals surface area contributed by atoms with Crippen LogP contribution >= 0.6 is 0 Å². The fourth-order valence-corrected chi connectivity index (χ4v) is 4.09. The Bertz CT molecular complexity index is 1520. The lowest BCUT2D eigenvalue weighted by Crippen LogP contribution is -2.13. The zero-order valence-corrected chi connectivity index (χ0v) is 20.2. The Labute approximate surface area is 214 Å². The molecule has 0 unspecified atom stereocenters. The number of nitrogens with one attached hydrogen (secondary N) is 1. The minimum absolute atomic E-state index is 0.123. The third kappa shape index (κ3) is 5.66. The maximum atomic E-state index is 13.4. The summed E-state index contributed by atoms with van der Waals surface area (Å²) in [6.07, 6.45) is 0. The lowest BCUT2D eigenvalue weighted by molar-refractivity contribution is 0.257. The van der Waals surface area contributed by atoms with Crippen molar-refractivity contribution in [3.8, 4) is 22.8 Å². The molecule has 1 aromatic heterocycles. The number of fused-ring (bicyclic) bond motifs is 1. The number of aliphatic hydroxyl groups excluding tert-OH is 1. The van der Waals surface area contributed by atoms with Crippen molar-refractivity contribution in [3.63, 3.8) is 0 Å². The van der Waals surface area contributed by atoms with E-state index in [-0.39, 0.29) is 25.2 Å². The minimum Gasteiger partial charge on any atom is -0.485 e. The van der Waals surface area contributed by atoms with Gasteiger partial charge in [0.25, 0.3) is 0 Å². The first-order valence-corrected chi connectivity index (χ1v) is 12.1. The van der Waals surface area contributed by atoms with E-state index in [1.54, 1.807) is 6.07 Å². The molecule has 0 radical (unpaired) electrons.